The number of aromatic nitrogens is 1. The van der Waals surface area contributed by atoms with Gasteiger partial charge in [-0.15, -0.1) is 0 Å². The zero-order valence-electron chi connectivity index (χ0n) is 18.9. The summed E-state index contributed by atoms with van der Waals surface area (Å²) in [7, 11) is 1.51. The van der Waals surface area contributed by atoms with Crippen LogP contribution in [-0.2, 0) is 16.1 Å². The minimum Gasteiger partial charge on any atom is -0.493 e. The lowest BCUT2D eigenvalue weighted by Gasteiger charge is -2.25. The van der Waals surface area contributed by atoms with Crippen LogP contribution in [-0.4, -0.2) is 36.4 Å². The van der Waals surface area contributed by atoms with E-state index in [4.69, 9.17) is 24.7 Å². The second-order valence-corrected chi connectivity index (χ2v) is 7.91. The lowest BCUT2D eigenvalue weighted by molar-refractivity contribution is -0.157. The molecule has 2 N–H and O–H groups in total. The van der Waals surface area contributed by atoms with Gasteiger partial charge in [0.05, 0.1) is 19.3 Å². The Kier molecular flexibility index (Phi) is 7.74. The Bertz CT molecular complexity index is 1140. The van der Waals surface area contributed by atoms with Gasteiger partial charge >= 0.3 is 5.97 Å². The highest BCUT2D eigenvalue weighted by Gasteiger charge is 2.24. The maximum Gasteiger partial charge on any atom is 0.320 e. The second kappa shape index (κ2) is 10.7. The average molecular weight is 453 g/mol. The number of esters is 1. The van der Waals surface area contributed by atoms with Crippen molar-refractivity contribution in [3.8, 4) is 22.9 Å². The third-order valence-electron chi connectivity index (χ3n) is 4.70. The van der Waals surface area contributed by atoms with Gasteiger partial charge in [0.15, 0.2) is 11.5 Å². The number of nitrogens with two attached hydrogens (primary N) is 1. The molecule has 0 radical (unpaired) electrons. The number of pyridine rings is 1. The molecule has 0 unspecified atom stereocenters. The molecule has 0 bridgehead atoms. The first kappa shape index (κ1) is 23.9. The Hall–Kier alpha value is -3.78. The molecule has 3 aromatic rings. The van der Waals surface area contributed by atoms with E-state index in [1.54, 1.807) is 44.3 Å². The number of hydrogen-bond acceptors (Lipinski definition) is 7. The molecule has 33 heavy (non-hydrogen) atoms. The fourth-order valence-corrected chi connectivity index (χ4v) is 3.06. The van der Waals surface area contributed by atoms with E-state index in [1.807, 2.05) is 30.3 Å². The van der Waals surface area contributed by atoms with Crippen molar-refractivity contribution in [2.45, 2.75) is 26.1 Å². The van der Waals surface area contributed by atoms with Crippen LogP contribution in [0, 0.1) is 0 Å². The topological polar surface area (TPSA) is 102 Å². The van der Waals surface area contributed by atoms with E-state index >= 15 is 0 Å². The van der Waals surface area contributed by atoms with Crippen LogP contribution in [0.5, 0.6) is 17.2 Å². The first-order valence-electron chi connectivity index (χ1n) is 10.4. The summed E-state index contributed by atoms with van der Waals surface area (Å²) >= 11 is 0. The van der Waals surface area contributed by atoms with Crippen LogP contribution in [0.25, 0.3) is 5.69 Å². The van der Waals surface area contributed by atoms with Gasteiger partial charge in [-0.1, -0.05) is 30.3 Å². The van der Waals surface area contributed by atoms with E-state index in [2.05, 4.69) is 0 Å². The molecule has 0 aliphatic heterocycles. The van der Waals surface area contributed by atoms with E-state index in [1.165, 1.54) is 17.7 Å². The molecule has 0 spiro atoms. The van der Waals surface area contributed by atoms with Gasteiger partial charge in [-0.05, 0) is 37.6 Å². The van der Waals surface area contributed by atoms with Gasteiger partial charge in [0.1, 0.15) is 24.6 Å². The van der Waals surface area contributed by atoms with Crippen molar-refractivity contribution in [3.63, 3.8) is 0 Å². The third kappa shape index (κ3) is 6.60. The molecule has 0 amide bonds. The van der Waals surface area contributed by atoms with Gasteiger partial charge in [-0.3, -0.25) is 14.2 Å². The standard InChI is InChI=1S/C25H28N2O6/c1-25(2,33-24(29)15-26)17-32-21-10-9-19(13-22(21)30-3)27-12-11-20(14-23(27)28)31-16-18-7-5-4-6-8-18/h4-14H,15-17,26H2,1-3H3. The summed E-state index contributed by atoms with van der Waals surface area (Å²) in [4.78, 5) is 24.1. The SMILES string of the molecule is COc1cc(-n2ccc(OCc3ccccc3)cc2=O)ccc1OCC(C)(C)OC(=O)CN. The Balaban J connectivity index is 1.71. The van der Waals surface area contributed by atoms with E-state index in [-0.39, 0.29) is 18.7 Å². The summed E-state index contributed by atoms with van der Waals surface area (Å²) in [6.45, 7) is 3.72. The predicted octanol–water partition coefficient (Wildman–Crippen LogP) is 3.08. The first-order chi connectivity index (χ1) is 15.8. The molecule has 2 aromatic carbocycles. The lowest BCUT2D eigenvalue weighted by Crippen LogP contribution is -2.37. The molecular weight excluding hydrogens is 424 g/mol. The Labute approximate surface area is 192 Å². The number of ether oxygens (including phenoxy) is 4. The number of rotatable bonds is 10. The summed E-state index contributed by atoms with van der Waals surface area (Å²) in [5.41, 5.74) is 5.81. The Morgan fingerprint density at radius 2 is 1.76 bits per heavy atom. The van der Waals surface area contributed by atoms with Crippen LogP contribution >= 0.6 is 0 Å². The third-order valence-corrected chi connectivity index (χ3v) is 4.70. The molecule has 0 aliphatic rings. The number of benzene rings is 2. The Morgan fingerprint density at radius 1 is 1.00 bits per heavy atom. The molecule has 0 fully saturated rings. The van der Waals surface area contributed by atoms with Gasteiger partial charge in [-0.25, -0.2) is 0 Å². The van der Waals surface area contributed by atoms with Crippen LogP contribution in [0.4, 0.5) is 0 Å². The molecule has 8 heteroatoms. The molecule has 1 aromatic heterocycles. The molecule has 3 rings (SSSR count). The summed E-state index contributed by atoms with van der Waals surface area (Å²) in [5, 5.41) is 0. The normalized spacial score (nSPS) is 11.0. The van der Waals surface area contributed by atoms with Crippen molar-refractivity contribution < 1.29 is 23.7 Å². The molecule has 0 aliphatic carbocycles. The van der Waals surface area contributed by atoms with E-state index in [0.717, 1.165) is 5.56 Å². The molecule has 0 saturated heterocycles. The second-order valence-electron chi connectivity index (χ2n) is 7.91. The highest BCUT2D eigenvalue weighted by Crippen LogP contribution is 2.30. The quantitative estimate of drug-likeness (QED) is 0.472. The number of carbonyl (C=O) groups is 1. The van der Waals surface area contributed by atoms with E-state index in [9.17, 15) is 9.59 Å². The Morgan fingerprint density at radius 3 is 2.42 bits per heavy atom. The van der Waals surface area contributed by atoms with Crippen molar-refractivity contribution in [2.75, 3.05) is 20.3 Å². The number of methoxy groups -OCH3 is 1. The van der Waals surface area contributed by atoms with E-state index < -0.39 is 11.6 Å². The van der Waals surface area contributed by atoms with Gasteiger partial charge in [0, 0.05) is 18.3 Å². The van der Waals surface area contributed by atoms with Crippen LogP contribution in [0.15, 0.2) is 71.7 Å². The van der Waals surface area contributed by atoms with Gasteiger partial charge < -0.3 is 24.7 Å². The maximum absolute atomic E-state index is 12.7. The summed E-state index contributed by atoms with van der Waals surface area (Å²) in [5.74, 6) is 0.863. The first-order valence-corrected chi connectivity index (χ1v) is 10.4. The van der Waals surface area contributed by atoms with Crippen molar-refractivity contribution in [1.82, 2.24) is 4.57 Å². The maximum atomic E-state index is 12.7. The van der Waals surface area contributed by atoms with Crippen LogP contribution in [0.2, 0.25) is 0 Å². The molecule has 8 nitrogen and oxygen atoms in total. The highest BCUT2D eigenvalue weighted by atomic mass is 16.6. The molecule has 0 atom stereocenters. The monoisotopic (exact) mass is 452 g/mol. The van der Waals surface area contributed by atoms with Crippen molar-refractivity contribution in [1.29, 1.82) is 0 Å². The predicted molar refractivity (Wildman–Crippen MR) is 124 cm³/mol. The van der Waals surface area contributed by atoms with Gasteiger partial charge in [-0.2, -0.15) is 0 Å². The minimum atomic E-state index is -0.868. The number of hydrogen-bond donors (Lipinski definition) is 1. The summed E-state index contributed by atoms with van der Waals surface area (Å²) in [6.07, 6.45) is 1.65. The van der Waals surface area contributed by atoms with Crippen LogP contribution in [0.3, 0.4) is 0 Å². The largest absolute Gasteiger partial charge is 0.493 e. The highest BCUT2D eigenvalue weighted by molar-refractivity contribution is 5.71. The van der Waals surface area contributed by atoms with Crippen LogP contribution < -0.4 is 25.5 Å². The molecule has 1 heterocycles. The van der Waals surface area contributed by atoms with Crippen molar-refractivity contribution in [2.24, 2.45) is 5.73 Å². The van der Waals surface area contributed by atoms with Gasteiger partial charge in [0.25, 0.3) is 5.56 Å². The lowest BCUT2D eigenvalue weighted by atomic mass is 10.1. The fraction of sp³-hybridized carbons (Fsp3) is 0.280. The zero-order chi connectivity index (χ0) is 23.8. The van der Waals surface area contributed by atoms with Crippen molar-refractivity contribution >= 4 is 5.97 Å². The molecule has 0 saturated carbocycles. The average Bonchev–Trinajstić information content (AvgIpc) is 2.82. The minimum absolute atomic E-state index is 0.0991. The fourth-order valence-electron chi connectivity index (χ4n) is 3.06. The van der Waals surface area contributed by atoms with Crippen molar-refractivity contribution in [3.05, 3.63) is 82.8 Å². The summed E-state index contributed by atoms with van der Waals surface area (Å²) < 4.78 is 23.7. The van der Waals surface area contributed by atoms with E-state index in [0.29, 0.717) is 29.5 Å². The van der Waals surface area contributed by atoms with Crippen LogP contribution in [0.1, 0.15) is 19.4 Å². The summed E-state index contributed by atoms with van der Waals surface area (Å²) in [6, 6.07) is 18.0. The molecule has 174 valence electrons. The number of carbonyl (C=O) groups excluding carboxylic acids is 1. The zero-order valence-corrected chi connectivity index (χ0v) is 18.9. The van der Waals surface area contributed by atoms with Gasteiger partial charge in [0.2, 0.25) is 0 Å². The number of nitrogens with zero attached hydrogens (tertiary/aromatic N) is 1. The molecular formula is C25H28N2O6. The smallest absolute Gasteiger partial charge is 0.320 e.